The number of hydrogen-bond acceptors (Lipinski definition) is 4. The number of benzene rings is 1. The average Bonchev–Trinajstić information content (AvgIpc) is 2.81. The van der Waals surface area contributed by atoms with Crippen molar-refractivity contribution in [2.75, 3.05) is 6.54 Å². The van der Waals surface area contributed by atoms with Crippen LogP contribution in [0.4, 0.5) is 0 Å². The second-order valence-electron chi connectivity index (χ2n) is 5.54. The molecule has 4 heteroatoms. The van der Waals surface area contributed by atoms with Crippen LogP contribution < -0.4 is 5.32 Å². The third-order valence-corrected chi connectivity index (χ3v) is 6.40. The second kappa shape index (κ2) is 6.95. The highest BCUT2D eigenvalue weighted by atomic mass is 32.2. The Labute approximate surface area is 135 Å². The first-order valence-electron chi connectivity index (χ1n) is 7.68. The summed E-state index contributed by atoms with van der Waals surface area (Å²) >= 11 is 3.73. The molecule has 0 saturated carbocycles. The van der Waals surface area contributed by atoms with Gasteiger partial charge in [-0.25, -0.2) is 4.98 Å². The summed E-state index contributed by atoms with van der Waals surface area (Å²) < 4.78 is 1.21. The number of hydrogen-bond donors (Lipinski definition) is 1. The summed E-state index contributed by atoms with van der Waals surface area (Å²) in [6, 6.07) is 9.36. The SMILES string of the molecule is CCNC1c2ccccc2CCCC1Sc1nc(C)cs1. The van der Waals surface area contributed by atoms with Crippen LogP contribution in [-0.4, -0.2) is 16.8 Å². The zero-order valence-corrected chi connectivity index (χ0v) is 14.3. The fraction of sp³-hybridized carbons (Fsp3) is 0.471. The molecule has 1 aliphatic carbocycles. The van der Waals surface area contributed by atoms with Crippen molar-refractivity contribution in [3.8, 4) is 0 Å². The molecular formula is C17H22N2S2. The first-order valence-corrected chi connectivity index (χ1v) is 9.44. The lowest BCUT2D eigenvalue weighted by Crippen LogP contribution is -2.29. The number of rotatable bonds is 4. The lowest BCUT2D eigenvalue weighted by molar-refractivity contribution is 0.516. The Morgan fingerprint density at radius 3 is 3.00 bits per heavy atom. The van der Waals surface area contributed by atoms with E-state index in [9.17, 15) is 0 Å². The molecule has 2 nitrogen and oxygen atoms in total. The molecule has 0 amide bonds. The Kier molecular flexibility index (Phi) is 4.99. The quantitative estimate of drug-likeness (QED) is 0.834. The lowest BCUT2D eigenvalue weighted by atomic mass is 9.99. The fourth-order valence-electron chi connectivity index (χ4n) is 3.03. The smallest absolute Gasteiger partial charge is 0.150 e. The van der Waals surface area contributed by atoms with E-state index in [0.29, 0.717) is 11.3 Å². The molecule has 2 atom stereocenters. The summed E-state index contributed by atoms with van der Waals surface area (Å²) in [7, 11) is 0. The summed E-state index contributed by atoms with van der Waals surface area (Å²) in [5, 5.41) is 6.43. The van der Waals surface area contributed by atoms with E-state index < -0.39 is 0 Å². The fourth-order valence-corrected chi connectivity index (χ4v) is 5.41. The van der Waals surface area contributed by atoms with Crippen molar-refractivity contribution < 1.29 is 0 Å². The Balaban J connectivity index is 1.88. The average molecular weight is 319 g/mol. The molecular weight excluding hydrogens is 296 g/mol. The monoisotopic (exact) mass is 318 g/mol. The highest BCUT2D eigenvalue weighted by Crippen LogP contribution is 2.40. The molecule has 2 aromatic rings. The highest BCUT2D eigenvalue weighted by Gasteiger charge is 2.28. The van der Waals surface area contributed by atoms with E-state index in [1.54, 1.807) is 11.3 Å². The number of nitrogens with zero attached hydrogens (tertiary/aromatic N) is 1. The van der Waals surface area contributed by atoms with Crippen LogP contribution >= 0.6 is 23.1 Å². The number of nitrogens with one attached hydrogen (secondary N) is 1. The third-order valence-electron chi connectivity index (χ3n) is 3.97. The van der Waals surface area contributed by atoms with E-state index in [-0.39, 0.29) is 0 Å². The Morgan fingerprint density at radius 2 is 2.24 bits per heavy atom. The van der Waals surface area contributed by atoms with Gasteiger partial charge in [0.2, 0.25) is 0 Å². The van der Waals surface area contributed by atoms with Crippen molar-refractivity contribution >= 4 is 23.1 Å². The molecule has 3 rings (SSSR count). The van der Waals surface area contributed by atoms with Crippen LogP contribution in [0.1, 0.15) is 42.6 Å². The molecule has 0 aliphatic heterocycles. The molecule has 0 saturated heterocycles. The summed E-state index contributed by atoms with van der Waals surface area (Å²) in [5.74, 6) is 0. The van der Waals surface area contributed by atoms with Gasteiger partial charge in [0.05, 0.1) is 0 Å². The summed E-state index contributed by atoms with van der Waals surface area (Å²) in [4.78, 5) is 4.64. The van der Waals surface area contributed by atoms with Crippen LogP contribution in [-0.2, 0) is 6.42 Å². The van der Waals surface area contributed by atoms with Crippen molar-refractivity contribution in [1.82, 2.24) is 10.3 Å². The van der Waals surface area contributed by atoms with Crippen molar-refractivity contribution in [2.45, 2.75) is 48.7 Å². The van der Waals surface area contributed by atoms with Crippen LogP contribution in [0.3, 0.4) is 0 Å². The maximum atomic E-state index is 4.64. The molecule has 2 unspecified atom stereocenters. The molecule has 1 heterocycles. The maximum absolute atomic E-state index is 4.64. The minimum Gasteiger partial charge on any atom is -0.309 e. The maximum Gasteiger partial charge on any atom is 0.150 e. The Bertz CT molecular complexity index is 594. The highest BCUT2D eigenvalue weighted by molar-refractivity contribution is 8.01. The van der Waals surface area contributed by atoms with E-state index in [0.717, 1.165) is 12.2 Å². The van der Waals surface area contributed by atoms with Crippen molar-refractivity contribution in [3.63, 3.8) is 0 Å². The van der Waals surface area contributed by atoms with E-state index in [1.165, 1.54) is 34.7 Å². The molecule has 21 heavy (non-hydrogen) atoms. The molecule has 1 aromatic heterocycles. The van der Waals surface area contributed by atoms with Gasteiger partial charge in [0.1, 0.15) is 4.34 Å². The molecule has 1 aromatic carbocycles. The Hall–Kier alpha value is -0.840. The standard InChI is InChI=1S/C17H22N2S2/c1-3-18-16-14-9-5-4-7-13(14)8-6-10-15(16)21-17-19-12(2)11-20-17/h4-5,7,9,11,15-16,18H,3,6,8,10H2,1-2H3. The molecule has 1 aliphatic rings. The van der Waals surface area contributed by atoms with Crippen LogP contribution in [0.2, 0.25) is 0 Å². The number of thioether (sulfide) groups is 1. The van der Waals surface area contributed by atoms with Gasteiger partial charge in [0.15, 0.2) is 0 Å². The van der Waals surface area contributed by atoms with Gasteiger partial charge in [-0.05, 0) is 43.9 Å². The summed E-state index contributed by atoms with van der Waals surface area (Å²) in [5.41, 5.74) is 4.14. The molecule has 0 radical (unpaired) electrons. The first kappa shape index (κ1) is 15.1. The largest absolute Gasteiger partial charge is 0.309 e. The predicted molar refractivity (Wildman–Crippen MR) is 92.3 cm³/mol. The molecule has 0 fully saturated rings. The van der Waals surface area contributed by atoms with Crippen molar-refractivity contribution in [3.05, 3.63) is 46.5 Å². The summed E-state index contributed by atoms with van der Waals surface area (Å²) in [6.07, 6.45) is 3.71. The lowest BCUT2D eigenvalue weighted by Gasteiger charge is -2.26. The third kappa shape index (κ3) is 3.50. The topological polar surface area (TPSA) is 24.9 Å². The molecule has 1 N–H and O–H groups in total. The van der Waals surface area contributed by atoms with Crippen molar-refractivity contribution in [2.24, 2.45) is 0 Å². The summed E-state index contributed by atoms with van der Waals surface area (Å²) in [6.45, 7) is 5.28. The van der Waals surface area contributed by atoms with Gasteiger partial charge in [0.25, 0.3) is 0 Å². The zero-order chi connectivity index (χ0) is 14.7. The van der Waals surface area contributed by atoms with E-state index in [2.05, 4.69) is 53.8 Å². The van der Waals surface area contributed by atoms with Gasteiger partial charge in [0, 0.05) is 22.4 Å². The molecule has 0 bridgehead atoms. The number of aromatic nitrogens is 1. The normalized spacial score (nSPS) is 21.8. The Morgan fingerprint density at radius 1 is 1.38 bits per heavy atom. The van der Waals surface area contributed by atoms with Crippen LogP contribution in [0.15, 0.2) is 34.0 Å². The second-order valence-corrected chi connectivity index (χ2v) is 7.88. The van der Waals surface area contributed by atoms with Crippen LogP contribution in [0.5, 0.6) is 0 Å². The van der Waals surface area contributed by atoms with Gasteiger partial charge in [-0.3, -0.25) is 0 Å². The van der Waals surface area contributed by atoms with Crippen LogP contribution in [0.25, 0.3) is 0 Å². The van der Waals surface area contributed by atoms with Crippen LogP contribution in [0, 0.1) is 6.92 Å². The first-order chi connectivity index (χ1) is 10.3. The van der Waals surface area contributed by atoms with E-state index in [1.807, 2.05) is 11.8 Å². The van der Waals surface area contributed by atoms with E-state index in [4.69, 9.17) is 0 Å². The van der Waals surface area contributed by atoms with Gasteiger partial charge in [-0.15, -0.1) is 11.3 Å². The van der Waals surface area contributed by atoms with Gasteiger partial charge in [-0.1, -0.05) is 43.0 Å². The minimum absolute atomic E-state index is 0.433. The predicted octanol–water partition coefficient (Wildman–Crippen LogP) is 4.60. The molecule has 0 spiro atoms. The minimum atomic E-state index is 0.433. The van der Waals surface area contributed by atoms with Gasteiger partial charge in [-0.2, -0.15) is 0 Å². The van der Waals surface area contributed by atoms with E-state index >= 15 is 0 Å². The number of fused-ring (bicyclic) bond motifs is 1. The molecule has 112 valence electrons. The van der Waals surface area contributed by atoms with Gasteiger partial charge >= 0.3 is 0 Å². The zero-order valence-electron chi connectivity index (χ0n) is 12.6. The van der Waals surface area contributed by atoms with Gasteiger partial charge < -0.3 is 5.32 Å². The number of aryl methyl sites for hydroxylation is 2. The van der Waals surface area contributed by atoms with Crippen molar-refractivity contribution in [1.29, 1.82) is 0 Å². The number of thiazole rings is 1.